The fourth-order valence-corrected chi connectivity index (χ4v) is 8.87. The zero-order valence-corrected chi connectivity index (χ0v) is 26.9. The molecule has 3 fully saturated rings. The number of benzene rings is 3. The summed E-state index contributed by atoms with van der Waals surface area (Å²) in [5.74, 6) is -3.17. The van der Waals surface area contributed by atoms with E-state index in [0.29, 0.717) is 33.7 Å². The van der Waals surface area contributed by atoms with Crippen molar-refractivity contribution in [2.45, 2.75) is 100 Å². The molecule has 1 aliphatic carbocycles. The second kappa shape index (κ2) is 12.5. The lowest BCUT2D eigenvalue weighted by molar-refractivity contribution is -0.155. The minimum atomic E-state index is -4.53. The van der Waals surface area contributed by atoms with Crippen molar-refractivity contribution in [2.75, 3.05) is 13.7 Å². The first-order chi connectivity index (χ1) is 21.5. The van der Waals surface area contributed by atoms with Crippen LogP contribution in [0.25, 0.3) is 10.8 Å². The maximum Gasteiger partial charge on any atom is 0.298 e. The highest BCUT2D eigenvalue weighted by atomic mass is 32.2. The monoisotopic (exact) mass is 640 g/mol. The molecule has 3 aromatic rings. The van der Waals surface area contributed by atoms with E-state index in [2.05, 4.69) is 6.92 Å². The molecule has 242 valence electrons. The number of sulfonamides is 1. The third-order valence-electron chi connectivity index (χ3n) is 9.78. The molecule has 10 heteroatoms. The van der Waals surface area contributed by atoms with Crippen LogP contribution in [-0.4, -0.2) is 61.4 Å². The third-order valence-corrected chi connectivity index (χ3v) is 11.6. The lowest BCUT2D eigenvalue weighted by Crippen LogP contribution is -2.60. The number of hydrogen-bond acceptors (Lipinski definition) is 5. The number of piperidine rings is 1. The highest BCUT2D eigenvalue weighted by Gasteiger charge is 2.56. The molecule has 2 aliphatic heterocycles. The molecule has 2 heterocycles. The van der Waals surface area contributed by atoms with Gasteiger partial charge in [-0.05, 0) is 124 Å². The van der Waals surface area contributed by atoms with Crippen molar-refractivity contribution < 1.29 is 31.5 Å². The number of ether oxygens (including phenoxy) is 2. The minimum absolute atomic E-state index is 0.155. The number of fused-ring (bicyclic) bond motifs is 3. The number of amides is 1. The molecule has 3 aromatic carbocycles. The largest absolute Gasteiger partial charge is 0.494 e. The van der Waals surface area contributed by atoms with Crippen LogP contribution in [0.4, 0.5) is 8.78 Å². The number of halogens is 2. The molecule has 1 saturated carbocycles. The van der Waals surface area contributed by atoms with Crippen molar-refractivity contribution in [1.29, 1.82) is 0 Å². The van der Waals surface area contributed by atoms with Crippen LogP contribution in [0.5, 0.6) is 11.5 Å². The van der Waals surface area contributed by atoms with Gasteiger partial charge in [0.1, 0.15) is 11.5 Å². The van der Waals surface area contributed by atoms with Gasteiger partial charge in [-0.15, -0.1) is 0 Å². The highest BCUT2D eigenvalue weighted by Crippen LogP contribution is 2.44. The van der Waals surface area contributed by atoms with Crippen molar-refractivity contribution in [1.82, 2.24) is 9.21 Å². The molecule has 0 radical (unpaired) electrons. The van der Waals surface area contributed by atoms with Crippen molar-refractivity contribution in [2.24, 2.45) is 5.92 Å². The Bertz CT molecular complexity index is 1630. The molecule has 7 nitrogen and oxygen atoms in total. The molecule has 3 atom stereocenters. The molecule has 0 aromatic heterocycles. The summed E-state index contributed by atoms with van der Waals surface area (Å²) in [6, 6.07) is 12.6. The van der Waals surface area contributed by atoms with Gasteiger partial charge in [0, 0.05) is 24.7 Å². The van der Waals surface area contributed by atoms with Crippen LogP contribution in [-0.2, 0) is 20.7 Å². The van der Waals surface area contributed by atoms with Crippen LogP contribution in [0.1, 0.15) is 70.8 Å². The van der Waals surface area contributed by atoms with E-state index in [0.717, 1.165) is 63.8 Å². The molecule has 3 unspecified atom stereocenters. The lowest BCUT2D eigenvalue weighted by Gasteiger charge is -2.42. The Labute approximate surface area is 264 Å². The van der Waals surface area contributed by atoms with E-state index >= 15 is 8.78 Å². The minimum Gasteiger partial charge on any atom is -0.494 e. The summed E-state index contributed by atoms with van der Waals surface area (Å²) >= 11 is 0. The Morgan fingerprint density at radius 2 is 1.53 bits per heavy atom. The van der Waals surface area contributed by atoms with Gasteiger partial charge in [-0.1, -0.05) is 19.1 Å². The highest BCUT2D eigenvalue weighted by molar-refractivity contribution is 7.89. The summed E-state index contributed by atoms with van der Waals surface area (Å²) in [4.78, 5) is 15.7. The number of carbonyl (C=O) groups excluding carboxylic acids is 1. The standard InChI is InChI=1S/C35H42F2N2O5S/c1-4-43-29-16-11-26(12-17-29)35(36,37)33(34(40)39-27-13-14-28(39)20-23(2)19-27)38(3)45(41,42)32-18-10-24-21-31(15-9-25(24)22-32)44-30-7-5-6-8-30/h9-12,15-18,21-23,27-28,30,33H,4-8,13-14,19-20H2,1-3H3. The maximum absolute atomic E-state index is 16.6. The number of hydrogen-bond donors (Lipinski definition) is 0. The zero-order valence-electron chi connectivity index (χ0n) is 26.1. The van der Waals surface area contributed by atoms with Gasteiger partial charge in [-0.25, -0.2) is 8.42 Å². The Balaban J connectivity index is 1.35. The quantitative estimate of drug-likeness (QED) is 0.236. The Morgan fingerprint density at radius 1 is 0.933 bits per heavy atom. The van der Waals surface area contributed by atoms with Gasteiger partial charge in [0.2, 0.25) is 15.9 Å². The van der Waals surface area contributed by atoms with Gasteiger partial charge >= 0.3 is 0 Å². The van der Waals surface area contributed by atoms with Crippen molar-refractivity contribution in [3.63, 3.8) is 0 Å². The van der Waals surface area contributed by atoms with Gasteiger partial charge in [-0.2, -0.15) is 13.1 Å². The second-order valence-corrected chi connectivity index (χ2v) is 14.9. The fourth-order valence-electron chi connectivity index (χ4n) is 7.53. The first-order valence-electron chi connectivity index (χ1n) is 16.1. The van der Waals surface area contributed by atoms with Crippen LogP contribution in [0, 0.1) is 5.92 Å². The second-order valence-electron chi connectivity index (χ2n) is 12.9. The Hall–Kier alpha value is -3.24. The topological polar surface area (TPSA) is 76.2 Å². The van der Waals surface area contributed by atoms with Crippen LogP contribution >= 0.6 is 0 Å². The van der Waals surface area contributed by atoms with E-state index in [4.69, 9.17) is 9.47 Å². The van der Waals surface area contributed by atoms with E-state index in [1.54, 1.807) is 30.0 Å². The molecular formula is C35H42F2N2O5S. The van der Waals surface area contributed by atoms with E-state index in [1.165, 1.54) is 36.4 Å². The zero-order chi connectivity index (χ0) is 31.9. The number of rotatable bonds is 10. The molecule has 2 bridgehead atoms. The summed E-state index contributed by atoms with van der Waals surface area (Å²) in [6.07, 6.45) is 7.40. The van der Waals surface area contributed by atoms with E-state index in [1.807, 2.05) is 6.07 Å². The summed E-state index contributed by atoms with van der Waals surface area (Å²) < 4.78 is 73.7. The van der Waals surface area contributed by atoms with E-state index < -0.39 is 33.5 Å². The van der Waals surface area contributed by atoms with Gasteiger partial charge in [0.15, 0.2) is 6.04 Å². The smallest absolute Gasteiger partial charge is 0.298 e. The third kappa shape index (κ3) is 6.15. The molecule has 45 heavy (non-hydrogen) atoms. The molecular weight excluding hydrogens is 598 g/mol. The average molecular weight is 641 g/mol. The first-order valence-corrected chi connectivity index (χ1v) is 17.5. The number of alkyl halides is 2. The van der Waals surface area contributed by atoms with Gasteiger partial charge in [0.25, 0.3) is 5.92 Å². The van der Waals surface area contributed by atoms with Crippen molar-refractivity contribution >= 4 is 26.7 Å². The first kappa shape index (κ1) is 31.7. The van der Waals surface area contributed by atoms with Crippen LogP contribution < -0.4 is 9.47 Å². The number of likely N-dealkylation sites (N-methyl/N-ethyl adjacent to an activating group) is 1. The predicted molar refractivity (Wildman–Crippen MR) is 169 cm³/mol. The van der Waals surface area contributed by atoms with Crippen LogP contribution in [0.3, 0.4) is 0 Å². The molecule has 0 spiro atoms. The summed E-state index contributed by atoms with van der Waals surface area (Å²) in [7, 11) is -3.43. The normalized spacial score (nSPS) is 23.1. The Morgan fingerprint density at radius 3 is 2.18 bits per heavy atom. The van der Waals surface area contributed by atoms with E-state index in [9.17, 15) is 13.2 Å². The number of nitrogens with zero attached hydrogens (tertiary/aromatic N) is 2. The average Bonchev–Trinajstić information content (AvgIpc) is 3.62. The predicted octanol–water partition coefficient (Wildman–Crippen LogP) is 7.13. The molecule has 1 amide bonds. The van der Waals surface area contributed by atoms with Crippen molar-refractivity contribution in [3.05, 3.63) is 66.2 Å². The van der Waals surface area contributed by atoms with Gasteiger partial charge in [-0.3, -0.25) is 4.79 Å². The molecule has 3 aliphatic rings. The van der Waals surface area contributed by atoms with Crippen LogP contribution in [0.15, 0.2) is 65.6 Å². The maximum atomic E-state index is 16.6. The lowest BCUT2D eigenvalue weighted by atomic mass is 9.90. The molecule has 6 rings (SSSR count). The fraction of sp³-hybridized carbons (Fsp3) is 0.514. The summed E-state index contributed by atoms with van der Waals surface area (Å²) in [5.41, 5.74) is -0.447. The van der Waals surface area contributed by atoms with Gasteiger partial charge < -0.3 is 14.4 Å². The van der Waals surface area contributed by atoms with Crippen molar-refractivity contribution in [3.8, 4) is 11.5 Å². The molecule has 0 N–H and O–H groups in total. The Kier molecular flexibility index (Phi) is 8.82. The SMILES string of the molecule is CCOc1ccc(C(F)(F)C(C(=O)N2C3CCC2CC(C)C3)N(C)S(=O)(=O)c2ccc3cc(OC4CCCC4)ccc3c2)cc1. The molecule has 2 saturated heterocycles. The summed E-state index contributed by atoms with van der Waals surface area (Å²) in [6.45, 7) is 4.27. The van der Waals surface area contributed by atoms with Gasteiger partial charge in [0.05, 0.1) is 17.6 Å². The van der Waals surface area contributed by atoms with E-state index in [-0.39, 0.29) is 23.1 Å². The summed E-state index contributed by atoms with van der Waals surface area (Å²) in [5, 5.41) is 1.41. The number of carbonyl (C=O) groups is 1. The van der Waals surface area contributed by atoms with Crippen LogP contribution in [0.2, 0.25) is 0 Å².